The van der Waals surface area contributed by atoms with Crippen molar-refractivity contribution in [1.82, 2.24) is 0 Å². The molecule has 0 aromatic rings. The molecule has 166 valence electrons. The van der Waals surface area contributed by atoms with Gasteiger partial charge in [0.1, 0.15) is 17.3 Å². The molecule has 0 heterocycles. The predicted octanol–water partition coefficient (Wildman–Crippen LogP) is 4.16. The molecule has 5 heteroatoms. The number of ether oxygens (including phenoxy) is 1. The summed E-state index contributed by atoms with van der Waals surface area (Å²) in [6.07, 6.45) is 6.03. The van der Waals surface area contributed by atoms with Gasteiger partial charge in [-0.2, -0.15) is 0 Å². The molecule has 4 fully saturated rings. The topological polar surface area (TPSA) is 77.5 Å². The van der Waals surface area contributed by atoms with Crippen LogP contribution < -0.4 is 0 Å². The zero-order valence-electron chi connectivity index (χ0n) is 18.9. The molecule has 0 N–H and O–H groups in total. The molecule has 0 aromatic carbocycles. The second kappa shape index (κ2) is 7.56. The van der Waals surface area contributed by atoms with Gasteiger partial charge in [-0.15, -0.1) is 0 Å². The lowest BCUT2D eigenvalue weighted by atomic mass is 9.44. The van der Waals surface area contributed by atoms with Gasteiger partial charge in [0.2, 0.25) is 0 Å². The van der Waals surface area contributed by atoms with Gasteiger partial charge >= 0.3 is 5.97 Å². The molecule has 0 saturated heterocycles. The second-order valence-electron chi connectivity index (χ2n) is 11.1. The van der Waals surface area contributed by atoms with E-state index in [0.717, 1.165) is 25.7 Å². The van der Waals surface area contributed by atoms with Crippen LogP contribution in [0.3, 0.4) is 0 Å². The Kier molecular flexibility index (Phi) is 5.47. The summed E-state index contributed by atoms with van der Waals surface area (Å²) < 4.78 is 4.80. The Labute approximate surface area is 179 Å². The van der Waals surface area contributed by atoms with Crippen molar-refractivity contribution in [2.75, 3.05) is 7.11 Å². The normalized spacial score (nSPS) is 44.1. The molecule has 0 aromatic heterocycles. The van der Waals surface area contributed by atoms with E-state index in [1.54, 1.807) is 0 Å². The third-order valence-electron chi connectivity index (χ3n) is 9.85. The van der Waals surface area contributed by atoms with Crippen molar-refractivity contribution in [1.29, 1.82) is 0 Å². The van der Waals surface area contributed by atoms with Crippen molar-refractivity contribution < 1.29 is 23.9 Å². The van der Waals surface area contributed by atoms with Crippen molar-refractivity contribution in [3.63, 3.8) is 0 Å². The highest BCUT2D eigenvalue weighted by atomic mass is 16.5. The maximum Gasteiger partial charge on any atom is 0.305 e. The number of esters is 1. The van der Waals surface area contributed by atoms with Crippen molar-refractivity contribution in [2.24, 2.45) is 46.3 Å². The standard InChI is InChI=1S/C25H36O5/c1-14(5-6-21(29)30-4)18-13-20(28)23-22-17(8-10-25(18,23)3)24(2)9-7-16(26)11-15(24)12-19(22)27/h14-15,17-18,22-23H,5-13H2,1-4H3/t14-,15+,17+,18-,22+,23+,24+,25-/m1/s1. The highest BCUT2D eigenvalue weighted by Gasteiger charge is 2.65. The van der Waals surface area contributed by atoms with Gasteiger partial charge < -0.3 is 4.74 Å². The van der Waals surface area contributed by atoms with Crippen molar-refractivity contribution >= 4 is 23.3 Å². The summed E-state index contributed by atoms with van der Waals surface area (Å²) in [4.78, 5) is 50.4. The molecule has 8 atom stereocenters. The Hall–Kier alpha value is -1.52. The van der Waals surface area contributed by atoms with Gasteiger partial charge in [0, 0.05) is 43.9 Å². The largest absolute Gasteiger partial charge is 0.469 e. The summed E-state index contributed by atoms with van der Waals surface area (Å²) in [6, 6.07) is 0. The highest BCUT2D eigenvalue weighted by Crippen LogP contribution is 2.66. The zero-order valence-corrected chi connectivity index (χ0v) is 18.9. The van der Waals surface area contributed by atoms with Crippen molar-refractivity contribution in [2.45, 2.75) is 78.6 Å². The molecule has 0 radical (unpaired) electrons. The number of carbonyl (C=O) groups excluding carboxylic acids is 4. The monoisotopic (exact) mass is 416 g/mol. The van der Waals surface area contributed by atoms with Gasteiger partial charge in [-0.1, -0.05) is 20.8 Å². The van der Waals surface area contributed by atoms with E-state index in [-0.39, 0.29) is 63.9 Å². The fourth-order valence-electron chi connectivity index (χ4n) is 8.05. The summed E-state index contributed by atoms with van der Waals surface area (Å²) in [5.41, 5.74) is -0.167. The van der Waals surface area contributed by atoms with Crippen molar-refractivity contribution in [3.8, 4) is 0 Å². The van der Waals surface area contributed by atoms with E-state index in [4.69, 9.17) is 4.74 Å². The maximum atomic E-state index is 13.4. The molecule has 0 spiro atoms. The van der Waals surface area contributed by atoms with Crippen LogP contribution >= 0.6 is 0 Å². The first-order valence-electron chi connectivity index (χ1n) is 11.8. The van der Waals surface area contributed by atoms with Crippen LogP contribution in [0, 0.1) is 46.3 Å². The van der Waals surface area contributed by atoms with E-state index in [1.165, 1.54) is 7.11 Å². The number of ketones is 3. The number of Topliss-reactive ketones (excluding diaryl/α,β-unsaturated/α-hetero) is 3. The summed E-state index contributed by atoms with van der Waals surface area (Å²) in [7, 11) is 1.41. The van der Waals surface area contributed by atoms with Gasteiger partial charge in [0.15, 0.2) is 0 Å². The van der Waals surface area contributed by atoms with Crippen LogP contribution in [0.4, 0.5) is 0 Å². The Balaban J connectivity index is 1.60. The summed E-state index contributed by atoms with van der Waals surface area (Å²) >= 11 is 0. The first kappa shape index (κ1) is 21.7. The molecular formula is C25H36O5. The summed E-state index contributed by atoms with van der Waals surface area (Å²) in [5, 5.41) is 0. The number of carbonyl (C=O) groups is 4. The van der Waals surface area contributed by atoms with Crippen LogP contribution in [-0.2, 0) is 23.9 Å². The van der Waals surface area contributed by atoms with Gasteiger partial charge in [-0.25, -0.2) is 0 Å². The number of fused-ring (bicyclic) bond motifs is 5. The van der Waals surface area contributed by atoms with Crippen LogP contribution in [0.25, 0.3) is 0 Å². The van der Waals surface area contributed by atoms with Crippen LogP contribution in [0.5, 0.6) is 0 Å². The minimum atomic E-state index is -0.204. The summed E-state index contributed by atoms with van der Waals surface area (Å²) in [5.74, 6) is 1.04. The Morgan fingerprint density at radius 2 is 1.80 bits per heavy atom. The third-order valence-corrected chi connectivity index (χ3v) is 9.85. The lowest BCUT2D eigenvalue weighted by Gasteiger charge is -2.59. The fraction of sp³-hybridized carbons (Fsp3) is 0.840. The van der Waals surface area contributed by atoms with E-state index >= 15 is 0 Å². The Morgan fingerprint density at radius 1 is 1.07 bits per heavy atom. The molecule has 30 heavy (non-hydrogen) atoms. The molecule has 4 aliphatic carbocycles. The molecule has 4 saturated carbocycles. The maximum absolute atomic E-state index is 13.4. The van der Waals surface area contributed by atoms with E-state index in [9.17, 15) is 19.2 Å². The predicted molar refractivity (Wildman–Crippen MR) is 111 cm³/mol. The molecule has 0 bridgehead atoms. The first-order valence-corrected chi connectivity index (χ1v) is 11.8. The van der Waals surface area contributed by atoms with E-state index < -0.39 is 0 Å². The second-order valence-corrected chi connectivity index (χ2v) is 11.1. The third kappa shape index (κ3) is 3.18. The van der Waals surface area contributed by atoms with Crippen LogP contribution in [0.1, 0.15) is 78.6 Å². The zero-order chi connectivity index (χ0) is 21.8. The lowest BCUT2D eigenvalue weighted by molar-refractivity contribution is -0.162. The number of rotatable bonds is 4. The number of methoxy groups -OCH3 is 1. The quantitative estimate of drug-likeness (QED) is 0.643. The lowest BCUT2D eigenvalue weighted by Crippen LogP contribution is -2.58. The van der Waals surface area contributed by atoms with Crippen LogP contribution in [-0.4, -0.2) is 30.4 Å². The molecule has 0 aliphatic heterocycles. The molecule has 4 aliphatic rings. The van der Waals surface area contributed by atoms with Gasteiger partial charge in [0.25, 0.3) is 0 Å². The summed E-state index contributed by atoms with van der Waals surface area (Å²) in [6.45, 7) is 6.66. The van der Waals surface area contributed by atoms with E-state index in [1.807, 2.05) is 0 Å². The van der Waals surface area contributed by atoms with Crippen LogP contribution in [0.15, 0.2) is 0 Å². The highest BCUT2D eigenvalue weighted by molar-refractivity contribution is 5.94. The van der Waals surface area contributed by atoms with Gasteiger partial charge in [0.05, 0.1) is 7.11 Å². The first-order chi connectivity index (χ1) is 14.1. The molecule has 5 nitrogen and oxygen atoms in total. The smallest absolute Gasteiger partial charge is 0.305 e. The van der Waals surface area contributed by atoms with E-state index in [0.29, 0.717) is 37.9 Å². The molecule has 0 unspecified atom stereocenters. The number of hydrogen-bond donors (Lipinski definition) is 0. The van der Waals surface area contributed by atoms with Crippen molar-refractivity contribution in [3.05, 3.63) is 0 Å². The average molecular weight is 417 g/mol. The van der Waals surface area contributed by atoms with Gasteiger partial charge in [-0.3, -0.25) is 19.2 Å². The average Bonchev–Trinajstić information content (AvgIpc) is 2.98. The van der Waals surface area contributed by atoms with Gasteiger partial charge in [-0.05, 0) is 60.2 Å². The SMILES string of the molecule is COC(=O)CC[C@@H](C)[C@H]1CC(=O)[C@H]2[C@@H]3C(=O)C[C@@H]4CC(=O)CC[C@]4(C)[C@H]3CC[C@]12C. The Morgan fingerprint density at radius 3 is 2.50 bits per heavy atom. The van der Waals surface area contributed by atoms with Crippen LogP contribution in [0.2, 0.25) is 0 Å². The Bertz CT molecular complexity index is 772. The molecular weight excluding hydrogens is 380 g/mol. The minimum absolute atomic E-state index is 0.00266. The fourth-order valence-corrected chi connectivity index (χ4v) is 8.05. The van der Waals surface area contributed by atoms with E-state index in [2.05, 4.69) is 20.8 Å². The minimum Gasteiger partial charge on any atom is -0.469 e. The number of hydrogen-bond acceptors (Lipinski definition) is 5. The molecule has 4 rings (SSSR count). The molecule has 0 amide bonds.